The maximum Gasteiger partial charge on any atom is 0.191 e. The molecule has 0 saturated carbocycles. The molecule has 0 fully saturated rings. The van der Waals surface area contributed by atoms with Gasteiger partial charge in [0.1, 0.15) is 11.5 Å². The fraction of sp³-hybridized carbons (Fsp3) is 0.474. The number of benzene rings is 1. The van der Waals surface area contributed by atoms with E-state index in [1.165, 1.54) is 4.88 Å². The zero-order valence-corrected chi connectivity index (χ0v) is 16.8. The maximum absolute atomic E-state index is 5.42. The van der Waals surface area contributed by atoms with Crippen molar-refractivity contribution < 1.29 is 9.47 Å². The van der Waals surface area contributed by atoms with Crippen LogP contribution < -0.4 is 20.1 Å². The summed E-state index contributed by atoms with van der Waals surface area (Å²) in [6.45, 7) is 3.71. The summed E-state index contributed by atoms with van der Waals surface area (Å²) in [6.07, 6.45) is 4.72. The van der Waals surface area contributed by atoms with Crippen LogP contribution in [-0.4, -0.2) is 45.3 Å². The van der Waals surface area contributed by atoms with Crippen LogP contribution in [-0.2, 0) is 19.3 Å². The van der Waals surface area contributed by atoms with Crippen LogP contribution in [0.5, 0.6) is 11.5 Å². The first-order valence-corrected chi connectivity index (χ1v) is 9.60. The highest BCUT2D eigenvalue weighted by Gasteiger charge is 2.06. The van der Waals surface area contributed by atoms with Crippen molar-refractivity contribution in [2.24, 2.45) is 4.99 Å². The number of aliphatic imine (C=N–C) groups is 1. The molecule has 0 aliphatic heterocycles. The van der Waals surface area contributed by atoms with Crippen LogP contribution in [0.1, 0.15) is 22.4 Å². The quantitative estimate of drug-likeness (QED) is 0.520. The lowest BCUT2D eigenvalue weighted by atomic mass is 10.1. The Balaban J connectivity index is 1.78. The Bertz CT molecular complexity index is 715. The smallest absolute Gasteiger partial charge is 0.191 e. The molecular weight excluding hydrogens is 348 g/mol. The lowest BCUT2D eigenvalue weighted by Crippen LogP contribution is -2.39. The Morgan fingerprint density at radius 1 is 1.15 bits per heavy atom. The summed E-state index contributed by atoms with van der Waals surface area (Å²) >= 11 is 1.78. The molecule has 2 aromatic rings. The van der Waals surface area contributed by atoms with E-state index in [4.69, 9.17) is 9.47 Å². The number of hydrogen-bond acceptors (Lipinski definition) is 5. The lowest BCUT2D eigenvalue weighted by Gasteiger charge is -2.13. The maximum atomic E-state index is 5.42. The summed E-state index contributed by atoms with van der Waals surface area (Å²) in [5.74, 6) is 2.49. The van der Waals surface area contributed by atoms with Crippen molar-refractivity contribution in [3.8, 4) is 11.5 Å². The van der Waals surface area contributed by atoms with Gasteiger partial charge in [-0.05, 0) is 36.6 Å². The molecule has 0 radical (unpaired) electrons. The standard InChI is InChI=1S/C19H28N4O2S/c1-5-16-13-23-18(26-16)9-11-22-19(20-2)21-10-8-14-12-15(24-3)6-7-17(14)25-4/h6-7,12-13H,5,8-11H2,1-4H3,(H2,20,21,22). The Kier molecular flexibility index (Phi) is 8.21. The minimum atomic E-state index is 0.750. The molecule has 2 N–H and O–H groups in total. The van der Waals surface area contributed by atoms with Gasteiger partial charge in [-0.25, -0.2) is 4.98 Å². The van der Waals surface area contributed by atoms with Crippen LogP contribution >= 0.6 is 11.3 Å². The average Bonchev–Trinajstić information content (AvgIpc) is 3.14. The van der Waals surface area contributed by atoms with Crippen molar-refractivity contribution in [2.45, 2.75) is 26.2 Å². The van der Waals surface area contributed by atoms with E-state index in [2.05, 4.69) is 27.5 Å². The van der Waals surface area contributed by atoms with E-state index >= 15 is 0 Å². The summed E-state index contributed by atoms with van der Waals surface area (Å²) in [6, 6.07) is 5.84. The van der Waals surface area contributed by atoms with Crippen LogP contribution in [0.2, 0.25) is 0 Å². The molecule has 0 aliphatic rings. The van der Waals surface area contributed by atoms with E-state index < -0.39 is 0 Å². The Morgan fingerprint density at radius 2 is 1.92 bits per heavy atom. The number of ether oxygens (including phenoxy) is 2. The number of rotatable bonds is 9. The van der Waals surface area contributed by atoms with Gasteiger partial charge in [0.15, 0.2) is 5.96 Å². The zero-order chi connectivity index (χ0) is 18.8. The van der Waals surface area contributed by atoms with Crippen molar-refractivity contribution >= 4 is 17.3 Å². The molecule has 0 atom stereocenters. The topological polar surface area (TPSA) is 67.8 Å². The molecule has 6 nitrogen and oxygen atoms in total. The minimum Gasteiger partial charge on any atom is -0.497 e. The van der Waals surface area contributed by atoms with E-state index in [0.717, 1.165) is 60.4 Å². The number of aryl methyl sites for hydroxylation is 1. The monoisotopic (exact) mass is 376 g/mol. The van der Waals surface area contributed by atoms with Gasteiger partial charge in [-0.2, -0.15) is 0 Å². The molecule has 1 heterocycles. The Labute approximate surface area is 159 Å². The predicted octanol–water partition coefficient (Wildman–Crippen LogP) is 2.67. The van der Waals surface area contributed by atoms with E-state index in [-0.39, 0.29) is 0 Å². The fourth-order valence-electron chi connectivity index (χ4n) is 2.53. The molecule has 0 unspecified atom stereocenters. The SMILES string of the molecule is CCc1cnc(CCNC(=NC)NCCc2cc(OC)ccc2OC)s1. The van der Waals surface area contributed by atoms with Gasteiger partial charge in [-0.1, -0.05) is 6.92 Å². The molecule has 26 heavy (non-hydrogen) atoms. The zero-order valence-electron chi connectivity index (χ0n) is 16.0. The predicted molar refractivity (Wildman–Crippen MR) is 108 cm³/mol. The summed E-state index contributed by atoms with van der Waals surface area (Å²) in [4.78, 5) is 10.0. The van der Waals surface area contributed by atoms with Crippen molar-refractivity contribution in [3.05, 3.63) is 39.8 Å². The summed E-state index contributed by atoms with van der Waals surface area (Å²) in [5, 5.41) is 7.83. The van der Waals surface area contributed by atoms with Gasteiger partial charge >= 0.3 is 0 Å². The van der Waals surface area contributed by atoms with Crippen LogP contribution in [0.3, 0.4) is 0 Å². The first-order chi connectivity index (χ1) is 12.7. The van der Waals surface area contributed by atoms with Crippen molar-refractivity contribution in [3.63, 3.8) is 0 Å². The van der Waals surface area contributed by atoms with Crippen LogP contribution in [0, 0.1) is 0 Å². The fourth-order valence-corrected chi connectivity index (χ4v) is 3.39. The molecule has 0 aliphatic carbocycles. The van der Waals surface area contributed by atoms with Gasteiger partial charge in [-0.3, -0.25) is 4.99 Å². The van der Waals surface area contributed by atoms with Gasteiger partial charge in [0.05, 0.1) is 19.2 Å². The summed E-state index contributed by atoms with van der Waals surface area (Å²) in [7, 11) is 5.13. The molecule has 0 amide bonds. The first kappa shape index (κ1) is 20.0. The van der Waals surface area contributed by atoms with Gasteiger partial charge in [0.2, 0.25) is 0 Å². The Hall–Kier alpha value is -2.28. The number of thiazole rings is 1. The molecule has 1 aromatic heterocycles. The van der Waals surface area contributed by atoms with Crippen LogP contribution in [0.15, 0.2) is 29.4 Å². The average molecular weight is 377 g/mol. The third-order valence-electron chi connectivity index (χ3n) is 3.98. The Morgan fingerprint density at radius 3 is 2.54 bits per heavy atom. The third-order valence-corrected chi connectivity index (χ3v) is 5.18. The van der Waals surface area contributed by atoms with E-state index in [1.807, 2.05) is 24.4 Å². The van der Waals surface area contributed by atoms with Gasteiger partial charge in [0, 0.05) is 37.6 Å². The number of methoxy groups -OCH3 is 2. The van der Waals surface area contributed by atoms with Crippen LogP contribution in [0.25, 0.3) is 0 Å². The second-order valence-electron chi connectivity index (χ2n) is 5.68. The number of hydrogen-bond donors (Lipinski definition) is 2. The van der Waals surface area contributed by atoms with Gasteiger partial charge in [0.25, 0.3) is 0 Å². The second-order valence-corrected chi connectivity index (χ2v) is 6.88. The highest BCUT2D eigenvalue weighted by Crippen LogP contribution is 2.24. The van der Waals surface area contributed by atoms with E-state index in [0.29, 0.717) is 0 Å². The van der Waals surface area contributed by atoms with Crippen molar-refractivity contribution in [2.75, 3.05) is 34.4 Å². The third kappa shape index (κ3) is 5.91. The highest BCUT2D eigenvalue weighted by molar-refractivity contribution is 7.11. The molecule has 7 heteroatoms. The van der Waals surface area contributed by atoms with E-state index in [1.54, 1.807) is 32.6 Å². The molecule has 1 aromatic carbocycles. The van der Waals surface area contributed by atoms with Gasteiger partial charge in [-0.15, -0.1) is 11.3 Å². The lowest BCUT2D eigenvalue weighted by molar-refractivity contribution is 0.398. The first-order valence-electron chi connectivity index (χ1n) is 8.79. The number of guanidine groups is 1. The molecule has 0 bridgehead atoms. The molecular formula is C19H28N4O2S. The molecule has 0 spiro atoms. The van der Waals surface area contributed by atoms with Crippen LogP contribution in [0.4, 0.5) is 0 Å². The number of nitrogens with one attached hydrogen (secondary N) is 2. The summed E-state index contributed by atoms with van der Waals surface area (Å²) in [5.41, 5.74) is 1.10. The largest absolute Gasteiger partial charge is 0.497 e. The minimum absolute atomic E-state index is 0.750. The number of nitrogens with zero attached hydrogens (tertiary/aromatic N) is 2. The van der Waals surface area contributed by atoms with Crippen molar-refractivity contribution in [1.29, 1.82) is 0 Å². The molecule has 2 rings (SSSR count). The second kappa shape index (κ2) is 10.7. The highest BCUT2D eigenvalue weighted by atomic mass is 32.1. The van der Waals surface area contributed by atoms with Gasteiger partial charge < -0.3 is 20.1 Å². The normalized spacial score (nSPS) is 11.3. The van der Waals surface area contributed by atoms with Crippen molar-refractivity contribution in [1.82, 2.24) is 15.6 Å². The van der Waals surface area contributed by atoms with E-state index in [9.17, 15) is 0 Å². The summed E-state index contributed by atoms with van der Waals surface area (Å²) < 4.78 is 10.7. The molecule has 0 saturated heterocycles. The molecule has 142 valence electrons. The number of aromatic nitrogens is 1.